The Kier molecular flexibility index (Phi) is 6.06. The van der Waals surface area contributed by atoms with Crippen molar-refractivity contribution in [2.45, 2.75) is 0 Å². The zero-order valence-corrected chi connectivity index (χ0v) is 15.6. The highest BCUT2D eigenvalue weighted by Gasteiger charge is 2.08. The molecule has 7 heteroatoms. The fraction of sp³-hybridized carbons (Fsp3) is 0. The molecule has 0 bridgehead atoms. The molecule has 0 fully saturated rings. The molecule has 1 heterocycles. The number of nitrogens with zero attached hydrogens (tertiary/aromatic N) is 2. The maximum absolute atomic E-state index is 12.1. The van der Waals surface area contributed by atoms with Gasteiger partial charge in [-0.2, -0.15) is 5.10 Å². The van der Waals surface area contributed by atoms with Crippen LogP contribution in [0.25, 0.3) is 0 Å². The summed E-state index contributed by atoms with van der Waals surface area (Å²) in [5, 5.41) is 3.91. The lowest BCUT2D eigenvalue weighted by Gasteiger charge is -2.05. The van der Waals surface area contributed by atoms with Gasteiger partial charge in [0.05, 0.1) is 11.8 Å². The summed E-state index contributed by atoms with van der Waals surface area (Å²) < 4.78 is 6.13. The summed E-state index contributed by atoms with van der Waals surface area (Å²) in [4.78, 5) is 27.8. The summed E-state index contributed by atoms with van der Waals surface area (Å²) in [6, 6.07) is 16.9. The summed E-state index contributed by atoms with van der Waals surface area (Å²) in [5.41, 5.74) is 4.10. The van der Waals surface area contributed by atoms with Gasteiger partial charge in [-0.05, 0) is 60.2 Å². The molecule has 0 saturated carbocycles. The monoisotopic (exact) mass is 423 g/mol. The van der Waals surface area contributed by atoms with Crippen molar-refractivity contribution in [1.82, 2.24) is 10.4 Å². The third-order valence-electron chi connectivity index (χ3n) is 3.47. The summed E-state index contributed by atoms with van der Waals surface area (Å²) in [6.45, 7) is 0. The van der Waals surface area contributed by atoms with Gasteiger partial charge in [-0.25, -0.2) is 10.2 Å². The van der Waals surface area contributed by atoms with E-state index in [9.17, 15) is 9.59 Å². The predicted molar refractivity (Wildman–Crippen MR) is 105 cm³/mol. The van der Waals surface area contributed by atoms with Crippen LogP contribution in [-0.4, -0.2) is 23.1 Å². The zero-order valence-electron chi connectivity index (χ0n) is 14.0. The summed E-state index contributed by atoms with van der Waals surface area (Å²) in [6.07, 6.45) is 4.57. The van der Waals surface area contributed by atoms with Crippen LogP contribution in [0, 0.1) is 0 Å². The highest BCUT2D eigenvalue weighted by molar-refractivity contribution is 9.10. The highest BCUT2D eigenvalue weighted by atomic mass is 79.9. The normalized spacial score (nSPS) is 10.6. The molecule has 0 spiro atoms. The van der Waals surface area contributed by atoms with Crippen LogP contribution in [0.15, 0.2) is 82.6 Å². The smallest absolute Gasteiger partial charge is 0.343 e. The number of carbonyl (C=O) groups excluding carboxylic acids is 2. The molecule has 0 aliphatic heterocycles. The Hall–Kier alpha value is -3.32. The fourth-order valence-electron chi connectivity index (χ4n) is 2.14. The predicted octanol–water partition coefficient (Wildman–Crippen LogP) is 3.83. The van der Waals surface area contributed by atoms with Crippen LogP contribution in [0.5, 0.6) is 5.75 Å². The lowest BCUT2D eigenvalue weighted by atomic mass is 10.2. The number of hydrogen-bond donors (Lipinski definition) is 1. The van der Waals surface area contributed by atoms with Crippen molar-refractivity contribution in [3.05, 3.63) is 94.2 Å². The van der Waals surface area contributed by atoms with Crippen LogP contribution in [0.3, 0.4) is 0 Å². The third-order valence-corrected chi connectivity index (χ3v) is 3.97. The van der Waals surface area contributed by atoms with E-state index in [1.165, 1.54) is 18.6 Å². The second-order valence-electron chi connectivity index (χ2n) is 5.40. The van der Waals surface area contributed by atoms with E-state index in [1.807, 2.05) is 6.07 Å². The maximum Gasteiger partial charge on any atom is 0.343 e. The van der Waals surface area contributed by atoms with Crippen molar-refractivity contribution < 1.29 is 14.3 Å². The highest BCUT2D eigenvalue weighted by Crippen LogP contribution is 2.16. The second-order valence-corrected chi connectivity index (χ2v) is 6.32. The van der Waals surface area contributed by atoms with E-state index in [0.717, 1.165) is 10.0 Å². The number of nitrogens with one attached hydrogen (secondary N) is 1. The first-order valence-electron chi connectivity index (χ1n) is 7.93. The number of carbonyl (C=O) groups is 2. The topological polar surface area (TPSA) is 80.6 Å². The molecule has 1 aromatic heterocycles. The molecule has 0 aliphatic carbocycles. The van der Waals surface area contributed by atoms with Crippen LogP contribution in [-0.2, 0) is 0 Å². The number of aromatic nitrogens is 1. The van der Waals surface area contributed by atoms with Crippen molar-refractivity contribution in [3.8, 4) is 5.75 Å². The molecule has 6 nitrogen and oxygen atoms in total. The number of ether oxygens (including phenoxy) is 1. The van der Waals surface area contributed by atoms with Gasteiger partial charge >= 0.3 is 5.97 Å². The number of benzene rings is 2. The molecule has 3 aromatic rings. The van der Waals surface area contributed by atoms with Crippen LogP contribution >= 0.6 is 15.9 Å². The minimum atomic E-state index is -0.442. The zero-order chi connectivity index (χ0) is 19.1. The lowest BCUT2D eigenvalue weighted by molar-refractivity contribution is 0.0734. The molecular formula is C20H14BrN3O3. The maximum atomic E-state index is 12.1. The van der Waals surface area contributed by atoms with Gasteiger partial charge in [0.2, 0.25) is 0 Å². The molecule has 0 aliphatic rings. The van der Waals surface area contributed by atoms with Gasteiger partial charge in [-0.15, -0.1) is 0 Å². The largest absolute Gasteiger partial charge is 0.423 e. The first kappa shape index (κ1) is 18.5. The van der Waals surface area contributed by atoms with E-state index in [1.54, 1.807) is 54.6 Å². The number of esters is 1. The van der Waals surface area contributed by atoms with Gasteiger partial charge in [-0.1, -0.05) is 22.0 Å². The van der Waals surface area contributed by atoms with E-state index in [4.69, 9.17) is 4.74 Å². The quantitative estimate of drug-likeness (QED) is 0.292. The van der Waals surface area contributed by atoms with E-state index in [0.29, 0.717) is 16.9 Å². The van der Waals surface area contributed by atoms with Crippen LogP contribution in [0.2, 0.25) is 0 Å². The minimum Gasteiger partial charge on any atom is -0.423 e. The lowest BCUT2D eigenvalue weighted by Crippen LogP contribution is -2.17. The van der Waals surface area contributed by atoms with Crippen LogP contribution < -0.4 is 10.2 Å². The molecule has 2 aromatic carbocycles. The number of hydrazone groups is 1. The van der Waals surface area contributed by atoms with Crippen molar-refractivity contribution in [3.63, 3.8) is 0 Å². The molecule has 0 atom stereocenters. The van der Waals surface area contributed by atoms with E-state index in [2.05, 4.69) is 31.4 Å². The molecule has 0 radical (unpaired) electrons. The van der Waals surface area contributed by atoms with Crippen molar-refractivity contribution in [2.24, 2.45) is 5.10 Å². The van der Waals surface area contributed by atoms with Gasteiger partial charge in [0.25, 0.3) is 5.91 Å². The summed E-state index contributed by atoms with van der Waals surface area (Å²) >= 11 is 3.32. The van der Waals surface area contributed by atoms with Gasteiger partial charge in [0.15, 0.2) is 0 Å². The standard InChI is InChI=1S/C20H14BrN3O3/c21-17-3-1-2-16(12-17)20(26)27-18-6-4-14(5-7-18)13-23-24-19(25)15-8-10-22-11-9-15/h1-13H,(H,24,25). The first-order valence-corrected chi connectivity index (χ1v) is 8.72. The fourth-order valence-corrected chi connectivity index (χ4v) is 2.54. The molecule has 1 amide bonds. The molecule has 27 heavy (non-hydrogen) atoms. The summed E-state index contributed by atoms with van der Waals surface area (Å²) in [7, 11) is 0. The molecule has 0 unspecified atom stereocenters. The average molecular weight is 424 g/mol. The third kappa shape index (κ3) is 5.32. The summed E-state index contributed by atoms with van der Waals surface area (Å²) in [5.74, 6) is -0.353. The Morgan fingerprint density at radius 2 is 1.74 bits per heavy atom. The number of hydrogen-bond acceptors (Lipinski definition) is 5. The number of pyridine rings is 1. The van der Waals surface area contributed by atoms with Crippen molar-refractivity contribution in [2.75, 3.05) is 0 Å². The van der Waals surface area contributed by atoms with Gasteiger partial charge in [0, 0.05) is 22.4 Å². The molecular weight excluding hydrogens is 410 g/mol. The van der Waals surface area contributed by atoms with E-state index < -0.39 is 5.97 Å². The van der Waals surface area contributed by atoms with Crippen molar-refractivity contribution in [1.29, 1.82) is 0 Å². The van der Waals surface area contributed by atoms with E-state index >= 15 is 0 Å². The Morgan fingerprint density at radius 3 is 2.44 bits per heavy atom. The van der Waals surface area contributed by atoms with Gasteiger partial charge < -0.3 is 4.74 Å². The Morgan fingerprint density at radius 1 is 1.00 bits per heavy atom. The van der Waals surface area contributed by atoms with Crippen LogP contribution in [0.1, 0.15) is 26.3 Å². The average Bonchev–Trinajstić information content (AvgIpc) is 2.70. The van der Waals surface area contributed by atoms with E-state index in [-0.39, 0.29) is 5.91 Å². The second kappa shape index (κ2) is 8.86. The Balaban J connectivity index is 1.57. The molecule has 134 valence electrons. The van der Waals surface area contributed by atoms with Gasteiger partial charge in [0.1, 0.15) is 5.75 Å². The van der Waals surface area contributed by atoms with Gasteiger partial charge in [-0.3, -0.25) is 9.78 Å². The Bertz CT molecular complexity index is 973. The number of rotatable bonds is 5. The first-order chi connectivity index (χ1) is 13.1. The molecule has 1 N–H and O–H groups in total. The number of amides is 1. The van der Waals surface area contributed by atoms with Crippen molar-refractivity contribution >= 4 is 34.0 Å². The minimum absolute atomic E-state index is 0.326. The number of halogens is 1. The molecule has 0 saturated heterocycles. The molecule has 3 rings (SSSR count). The Labute approximate surface area is 164 Å². The van der Waals surface area contributed by atoms with Crippen LogP contribution in [0.4, 0.5) is 0 Å². The SMILES string of the molecule is O=C(NN=Cc1ccc(OC(=O)c2cccc(Br)c2)cc1)c1ccncc1.